The van der Waals surface area contributed by atoms with Crippen molar-refractivity contribution in [2.45, 2.75) is 0 Å². The molecule has 1 N–H and O–H groups in total. The van der Waals surface area contributed by atoms with Gasteiger partial charge in [0.2, 0.25) is 0 Å². The molecule has 56 valence electrons. The number of phosphoric acid groups is 1. The van der Waals surface area contributed by atoms with E-state index < -0.39 is 12.9 Å². The molecule has 12 heavy (non-hydrogen) atoms. The van der Waals surface area contributed by atoms with E-state index in [2.05, 4.69) is 0 Å². The summed E-state index contributed by atoms with van der Waals surface area (Å²) in [7, 11) is -5.39. The van der Waals surface area contributed by atoms with Crippen LogP contribution in [0.25, 0.3) is 0 Å². The Hall–Kier alpha value is 4.22. The van der Waals surface area contributed by atoms with Crippen LogP contribution < -0.4 is 169 Å². The first-order valence-electron chi connectivity index (χ1n) is 1.30. The third-order valence-corrected chi connectivity index (χ3v) is 0. The summed E-state index contributed by atoms with van der Waals surface area (Å²) in [4.78, 5) is 34.0. The molecule has 0 aromatic rings. The molecule has 0 aliphatic heterocycles. The zero-order valence-corrected chi connectivity index (χ0v) is 17.1. The SMILES string of the molecule is O=P([O-])([O-])[O-].O=[N+]([O-])O.[K+].[K+].[K+]. The van der Waals surface area contributed by atoms with Crippen molar-refractivity contribution >= 4 is 7.82 Å². The minimum atomic E-state index is -5.39. The second-order valence-electron chi connectivity index (χ2n) is 0.685. The number of hydrogen-bond acceptors (Lipinski definition) is 6. The first-order valence-corrected chi connectivity index (χ1v) is 2.76. The van der Waals surface area contributed by atoms with Crippen molar-refractivity contribution in [1.82, 2.24) is 0 Å². The molecule has 0 radical (unpaired) electrons. The number of hydrogen-bond donors (Lipinski definition) is 1. The van der Waals surface area contributed by atoms with Gasteiger partial charge in [-0.2, -0.15) is 7.82 Å². The minimum Gasteiger partial charge on any atom is -0.822 e. The molecule has 0 saturated heterocycles. The summed E-state index contributed by atoms with van der Waals surface area (Å²) in [6.45, 7) is 0. The van der Waals surface area contributed by atoms with Crippen LogP contribution in [0.15, 0.2) is 0 Å². The molecule has 0 atom stereocenters. The van der Waals surface area contributed by atoms with Gasteiger partial charge in [0.15, 0.2) is 0 Å². The van der Waals surface area contributed by atoms with Gasteiger partial charge in [0.25, 0.3) is 5.09 Å². The van der Waals surface area contributed by atoms with Gasteiger partial charge in [-0.25, -0.2) is 0 Å². The molecule has 8 nitrogen and oxygen atoms in total. The van der Waals surface area contributed by atoms with Crippen molar-refractivity contribution in [2.24, 2.45) is 0 Å². The molecule has 0 fully saturated rings. The van der Waals surface area contributed by atoms with Crippen LogP contribution in [0.2, 0.25) is 0 Å². The van der Waals surface area contributed by atoms with E-state index in [-0.39, 0.29) is 154 Å². The van der Waals surface area contributed by atoms with Gasteiger partial charge in [0.05, 0.1) is 0 Å². The van der Waals surface area contributed by atoms with Crippen LogP contribution in [0.3, 0.4) is 0 Å². The third-order valence-electron chi connectivity index (χ3n) is 0. The van der Waals surface area contributed by atoms with Crippen molar-refractivity contribution in [3.8, 4) is 0 Å². The zero-order chi connectivity index (χ0) is 8.08. The van der Waals surface area contributed by atoms with E-state index in [0.29, 0.717) is 0 Å². The van der Waals surface area contributed by atoms with Gasteiger partial charge < -0.3 is 24.5 Å². The zero-order valence-electron chi connectivity index (χ0n) is 6.79. The summed E-state index contributed by atoms with van der Waals surface area (Å²) < 4.78 is 8.55. The molecule has 12 heteroatoms. The van der Waals surface area contributed by atoms with Gasteiger partial charge >= 0.3 is 154 Å². The summed E-state index contributed by atoms with van der Waals surface area (Å²) in [6, 6.07) is 0. The fourth-order valence-electron chi connectivity index (χ4n) is 0. The van der Waals surface area contributed by atoms with E-state index in [0.717, 1.165) is 0 Å². The number of nitrogens with zero attached hydrogens (tertiary/aromatic N) is 1. The maximum Gasteiger partial charge on any atom is 1.00 e. The fourth-order valence-corrected chi connectivity index (χ4v) is 0. The standard InChI is InChI=1S/3K.HNO3.H3O4P/c;;;2-1(3)4;1-5(2,3)4/h;;;(H,2,3,4);(H3,1,2,3,4)/q3*+1;;/p-3. The summed E-state index contributed by atoms with van der Waals surface area (Å²) in [5.74, 6) is 0. The predicted molar refractivity (Wildman–Crippen MR) is 16.4 cm³/mol. The van der Waals surface area contributed by atoms with E-state index in [4.69, 9.17) is 34.6 Å². The van der Waals surface area contributed by atoms with E-state index in [9.17, 15) is 0 Å². The summed E-state index contributed by atoms with van der Waals surface area (Å²) in [6.07, 6.45) is 0. The van der Waals surface area contributed by atoms with E-state index in [1.165, 1.54) is 0 Å². The van der Waals surface area contributed by atoms with Crippen LogP contribution >= 0.6 is 7.82 Å². The quantitative estimate of drug-likeness (QED) is 0.199. The average molecular weight is 275 g/mol. The van der Waals surface area contributed by atoms with Gasteiger partial charge in [-0.05, 0) is 0 Å². The fraction of sp³-hybridized carbons (Fsp3) is 0. The molecule has 0 bridgehead atoms. The van der Waals surface area contributed by atoms with Crippen LogP contribution in [0, 0.1) is 10.1 Å². The molecule has 0 aromatic carbocycles. The summed E-state index contributed by atoms with van der Waals surface area (Å²) in [5.41, 5.74) is 0. The summed E-state index contributed by atoms with van der Waals surface area (Å²) >= 11 is 0. The van der Waals surface area contributed by atoms with Crippen LogP contribution in [-0.4, -0.2) is 10.3 Å². The van der Waals surface area contributed by atoms with Crippen LogP contribution in [-0.2, 0) is 4.57 Å². The van der Waals surface area contributed by atoms with Gasteiger partial charge in [0, 0.05) is 0 Å². The second kappa shape index (κ2) is 17.6. The molecule has 0 aliphatic rings. The van der Waals surface area contributed by atoms with Gasteiger partial charge in [-0.15, -0.1) is 10.1 Å². The van der Waals surface area contributed by atoms with E-state index in [1.54, 1.807) is 0 Å². The topological polar surface area (TPSA) is 150 Å². The molecule has 0 heterocycles. The second-order valence-corrected chi connectivity index (χ2v) is 1.58. The molecule has 0 aromatic heterocycles. The Balaban J connectivity index is -0.0000000221. The molecular weight excluding hydrogens is 274 g/mol. The molecule has 0 rings (SSSR count). The predicted octanol–water partition coefficient (Wildman–Crippen LogP) is -12.2. The van der Waals surface area contributed by atoms with Crippen molar-refractivity contribution in [3.05, 3.63) is 10.1 Å². The monoisotopic (exact) mass is 275 g/mol. The summed E-state index contributed by atoms with van der Waals surface area (Å²) in [5, 5.41) is 13.6. The normalized spacial score (nSPS) is 6.92. The Morgan fingerprint density at radius 1 is 1.08 bits per heavy atom. The molecule has 0 amide bonds. The van der Waals surface area contributed by atoms with E-state index >= 15 is 0 Å². The number of rotatable bonds is 0. The third kappa shape index (κ3) is 140. The van der Waals surface area contributed by atoms with Crippen molar-refractivity contribution < 1.29 is 184 Å². The molecule has 0 unspecified atom stereocenters. The molecule has 0 spiro atoms. The maximum absolute atomic E-state index is 8.55. The Kier molecular flexibility index (Phi) is 43.8. The van der Waals surface area contributed by atoms with Crippen LogP contribution in [0.5, 0.6) is 0 Å². The van der Waals surface area contributed by atoms with Crippen molar-refractivity contribution in [3.63, 3.8) is 0 Å². The largest absolute Gasteiger partial charge is 1.00 e. The van der Waals surface area contributed by atoms with Gasteiger partial charge in [-0.3, -0.25) is 0 Å². The van der Waals surface area contributed by atoms with Crippen molar-refractivity contribution in [1.29, 1.82) is 0 Å². The molecule has 0 aliphatic carbocycles. The van der Waals surface area contributed by atoms with Gasteiger partial charge in [-0.1, -0.05) is 0 Å². The van der Waals surface area contributed by atoms with E-state index in [1.807, 2.05) is 0 Å². The first kappa shape index (κ1) is 29.8. The molecular formula is HK3NO7P. The average Bonchev–Trinajstić information content (AvgIpc) is 1.19. The first-order chi connectivity index (χ1) is 3.73. The smallest absolute Gasteiger partial charge is 0.822 e. The molecule has 0 saturated carbocycles. The maximum atomic E-state index is 8.55. The van der Waals surface area contributed by atoms with Crippen LogP contribution in [0.1, 0.15) is 0 Å². The Morgan fingerprint density at radius 3 is 1.08 bits per heavy atom. The Labute approximate surface area is 195 Å². The van der Waals surface area contributed by atoms with Gasteiger partial charge in [0.1, 0.15) is 0 Å². The van der Waals surface area contributed by atoms with Crippen LogP contribution in [0.4, 0.5) is 0 Å². The minimum absolute atomic E-state index is 0. The Morgan fingerprint density at radius 2 is 1.08 bits per heavy atom. The van der Waals surface area contributed by atoms with Crippen molar-refractivity contribution in [2.75, 3.05) is 0 Å². The Bertz CT molecular complexity index is 118.